The van der Waals surface area contributed by atoms with E-state index in [2.05, 4.69) is 47.6 Å². The first kappa shape index (κ1) is 14.5. The van der Waals surface area contributed by atoms with E-state index < -0.39 is 0 Å². The Kier molecular flexibility index (Phi) is 4.63. The van der Waals surface area contributed by atoms with Crippen LogP contribution in [-0.2, 0) is 7.05 Å². The topological polar surface area (TPSA) is 33.1 Å². The summed E-state index contributed by atoms with van der Waals surface area (Å²) in [6.07, 6.45) is 7.73. The molecule has 108 valence electrons. The smallest absolute Gasteiger partial charge is 0.127 e. The molecule has 1 fully saturated rings. The minimum atomic E-state index is 0.102. The van der Waals surface area contributed by atoms with Crippen LogP contribution in [0.5, 0.6) is 0 Å². The second-order valence-corrected chi connectivity index (χ2v) is 6.13. The van der Waals surface area contributed by atoms with Crippen molar-refractivity contribution in [1.82, 2.24) is 19.8 Å². The van der Waals surface area contributed by atoms with Gasteiger partial charge in [-0.1, -0.05) is 6.92 Å². The standard InChI is InChI=1S/C15H28N4/c1-5-8-16-13(14-17-9-12-18(14)4)15(2,3)19-10-6-7-11-19/h9,12-13,16H,5-8,10-11H2,1-4H3. The molecule has 1 aliphatic heterocycles. The lowest BCUT2D eigenvalue weighted by Crippen LogP contribution is -2.52. The van der Waals surface area contributed by atoms with E-state index in [9.17, 15) is 0 Å². The SMILES string of the molecule is CCCNC(c1nccn1C)C(C)(C)N1CCCC1. The average Bonchev–Trinajstić information content (AvgIpc) is 3.01. The Morgan fingerprint density at radius 3 is 2.58 bits per heavy atom. The lowest BCUT2D eigenvalue weighted by atomic mass is 9.91. The van der Waals surface area contributed by atoms with Gasteiger partial charge in [-0.25, -0.2) is 4.98 Å². The zero-order valence-electron chi connectivity index (χ0n) is 12.8. The number of hydrogen-bond acceptors (Lipinski definition) is 3. The quantitative estimate of drug-likeness (QED) is 0.856. The van der Waals surface area contributed by atoms with E-state index in [0.717, 1.165) is 18.8 Å². The van der Waals surface area contributed by atoms with Gasteiger partial charge in [0, 0.05) is 25.0 Å². The Hall–Kier alpha value is -0.870. The van der Waals surface area contributed by atoms with Crippen molar-refractivity contribution in [1.29, 1.82) is 0 Å². The van der Waals surface area contributed by atoms with Crippen molar-refractivity contribution in [3.63, 3.8) is 0 Å². The third-order valence-corrected chi connectivity index (χ3v) is 4.34. The van der Waals surface area contributed by atoms with Crippen molar-refractivity contribution in [2.45, 2.75) is 51.6 Å². The Bertz CT molecular complexity index is 391. The molecule has 4 nitrogen and oxygen atoms in total. The molecule has 0 radical (unpaired) electrons. The molecule has 1 saturated heterocycles. The van der Waals surface area contributed by atoms with Gasteiger partial charge in [0.05, 0.1) is 6.04 Å². The van der Waals surface area contributed by atoms with Crippen molar-refractivity contribution in [3.05, 3.63) is 18.2 Å². The molecular formula is C15H28N4. The minimum Gasteiger partial charge on any atom is -0.337 e. The Balaban J connectivity index is 2.23. The van der Waals surface area contributed by atoms with Gasteiger partial charge in [-0.15, -0.1) is 0 Å². The number of aryl methyl sites for hydroxylation is 1. The van der Waals surface area contributed by atoms with Crippen LogP contribution in [0.4, 0.5) is 0 Å². The average molecular weight is 264 g/mol. The molecular weight excluding hydrogens is 236 g/mol. The molecule has 0 saturated carbocycles. The first-order chi connectivity index (χ1) is 9.07. The maximum Gasteiger partial charge on any atom is 0.127 e. The summed E-state index contributed by atoms with van der Waals surface area (Å²) < 4.78 is 2.14. The summed E-state index contributed by atoms with van der Waals surface area (Å²) in [7, 11) is 2.09. The molecule has 4 heteroatoms. The highest BCUT2D eigenvalue weighted by molar-refractivity contribution is 5.08. The van der Waals surface area contributed by atoms with Gasteiger partial charge in [-0.3, -0.25) is 4.90 Å². The Morgan fingerprint density at radius 1 is 1.37 bits per heavy atom. The number of hydrogen-bond donors (Lipinski definition) is 1. The van der Waals surface area contributed by atoms with Crippen molar-refractivity contribution < 1.29 is 0 Å². The molecule has 2 heterocycles. The molecule has 1 aromatic heterocycles. The summed E-state index contributed by atoms with van der Waals surface area (Å²) in [4.78, 5) is 7.19. The highest BCUT2D eigenvalue weighted by atomic mass is 15.3. The van der Waals surface area contributed by atoms with Crippen molar-refractivity contribution in [3.8, 4) is 0 Å². The van der Waals surface area contributed by atoms with Gasteiger partial charge in [-0.05, 0) is 52.7 Å². The molecule has 1 unspecified atom stereocenters. The van der Waals surface area contributed by atoms with Gasteiger partial charge in [0.1, 0.15) is 5.82 Å². The van der Waals surface area contributed by atoms with Gasteiger partial charge in [0.15, 0.2) is 0 Å². The van der Waals surface area contributed by atoms with Gasteiger partial charge in [0.25, 0.3) is 0 Å². The van der Waals surface area contributed by atoms with E-state index in [-0.39, 0.29) is 11.6 Å². The van der Waals surface area contributed by atoms with E-state index in [1.165, 1.54) is 25.9 Å². The van der Waals surface area contributed by atoms with Crippen LogP contribution in [0.1, 0.15) is 51.9 Å². The molecule has 1 N–H and O–H groups in total. The number of imidazole rings is 1. The van der Waals surface area contributed by atoms with Crippen molar-refractivity contribution >= 4 is 0 Å². The zero-order chi connectivity index (χ0) is 13.9. The summed E-state index contributed by atoms with van der Waals surface area (Å²) in [5.41, 5.74) is 0.102. The number of likely N-dealkylation sites (tertiary alicyclic amines) is 1. The normalized spacial score (nSPS) is 18.9. The van der Waals surface area contributed by atoms with E-state index in [1.54, 1.807) is 0 Å². The van der Waals surface area contributed by atoms with Crippen LogP contribution in [0.2, 0.25) is 0 Å². The van der Waals surface area contributed by atoms with E-state index in [0.29, 0.717) is 0 Å². The third-order valence-electron chi connectivity index (χ3n) is 4.34. The van der Waals surface area contributed by atoms with Crippen LogP contribution in [0, 0.1) is 0 Å². The van der Waals surface area contributed by atoms with Crippen molar-refractivity contribution in [2.75, 3.05) is 19.6 Å². The Morgan fingerprint density at radius 2 is 2.05 bits per heavy atom. The molecule has 2 rings (SSSR count). The van der Waals surface area contributed by atoms with Gasteiger partial charge in [-0.2, -0.15) is 0 Å². The van der Waals surface area contributed by atoms with Gasteiger partial charge >= 0.3 is 0 Å². The molecule has 0 spiro atoms. The van der Waals surface area contributed by atoms with Gasteiger partial charge < -0.3 is 9.88 Å². The summed E-state index contributed by atoms with van der Waals surface area (Å²) in [5.74, 6) is 1.14. The van der Waals surface area contributed by atoms with Crippen LogP contribution in [-0.4, -0.2) is 39.6 Å². The van der Waals surface area contributed by atoms with Crippen LogP contribution < -0.4 is 5.32 Å². The van der Waals surface area contributed by atoms with Crippen LogP contribution in [0.15, 0.2) is 12.4 Å². The lowest BCUT2D eigenvalue weighted by Gasteiger charge is -2.42. The second kappa shape index (κ2) is 6.06. The fourth-order valence-corrected chi connectivity index (χ4v) is 3.08. The zero-order valence-corrected chi connectivity index (χ0v) is 12.8. The molecule has 0 aliphatic carbocycles. The molecule has 0 bridgehead atoms. The summed E-state index contributed by atoms with van der Waals surface area (Å²) in [5, 5.41) is 3.70. The summed E-state index contributed by atoms with van der Waals surface area (Å²) in [6.45, 7) is 10.4. The fourth-order valence-electron chi connectivity index (χ4n) is 3.08. The predicted molar refractivity (Wildman–Crippen MR) is 79.1 cm³/mol. The van der Waals surface area contributed by atoms with E-state index >= 15 is 0 Å². The van der Waals surface area contributed by atoms with Crippen LogP contribution >= 0.6 is 0 Å². The maximum atomic E-state index is 4.58. The van der Waals surface area contributed by atoms with Crippen LogP contribution in [0.25, 0.3) is 0 Å². The molecule has 0 aromatic carbocycles. The fraction of sp³-hybridized carbons (Fsp3) is 0.800. The monoisotopic (exact) mass is 264 g/mol. The highest BCUT2D eigenvalue weighted by Crippen LogP contribution is 2.32. The maximum absolute atomic E-state index is 4.58. The van der Waals surface area contributed by atoms with E-state index in [4.69, 9.17) is 0 Å². The molecule has 1 aliphatic rings. The second-order valence-electron chi connectivity index (χ2n) is 6.13. The first-order valence-electron chi connectivity index (χ1n) is 7.53. The highest BCUT2D eigenvalue weighted by Gasteiger charge is 2.39. The largest absolute Gasteiger partial charge is 0.337 e. The number of nitrogens with one attached hydrogen (secondary N) is 1. The Labute approximate surface area is 117 Å². The summed E-state index contributed by atoms with van der Waals surface area (Å²) in [6, 6.07) is 0.283. The van der Waals surface area contributed by atoms with Crippen molar-refractivity contribution in [2.24, 2.45) is 7.05 Å². The van der Waals surface area contributed by atoms with E-state index in [1.807, 2.05) is 12.4 Å². The first-order valence-corrected chi connectivity index (χ1v) is 7.53. The summed E-state index contributed by atoms with van der Waals surface area (Å²) >= 11 is 0. The van der Waals surface area contributed by atoms with Gasteiger partial charge in [0.2, 0.25) is 0 Å². The molecule has 1 atom stereocenters. The van der Waals surface area contributed by atoms with Crippen LogP contribution in [0.3, 0.4) is 0 Å². The minimum absolute atomic E-state index is 0.102. The predicted octanol–water partition coefficient (Wildman–Crippen LogP) is 2.34. The molecule has 19 heavy (non-hydrogen) atoms. The number of nitrogens with zero attached hydrogens (tertiary/aromatic N) is 3. The molecule has 1 aromatic rings. The lowest BCUT2D eigenvalue weighted by molar-refractivity contribution is 0.101. The number of rotatable bonds is 6. The number of aromatic nitrogens is 2. The molecule has 0 amide bonds. The third kappa shape index (κ3) is 3.00.